The highest BCUT2D eigenvalue weighted by Gasteiger charge is 2.11. The Labute approximate surface area is 183 Å². The monoisotopic (exact) mass is 425 g/mol. The van der Waals surface area contributed by atoms with Crippen LogP contribution in [0.3, 0.4) is 0 Å². The van der Waals surface area contributed by atoms with E-state index in [0.29, 0.717) is 18.8 Å². The van der Waals surface area contributed by atoms with Crippen molar-refractivity contribution < 1.29 is 19.1 Å². The van der Waals surface area contributed by atoms with Crippen LogP contribution in [-0.2, 0) is 20.7 Å². The highest BCUT2D eigenvalue weighted by molar-refractivity contribution is 5.91. The van der Waals surface area contributed by atoms with E-state index < -0.39 is 0 Å². The van der Waals surface area contributed by atoms with Crippen LogP contribution < -0.4 is 15.4 Å². The first-order chi connectivity index (χ1) is 15.2. The Balaban J connectivity index is 1.26. The summed E-state index contributed by atoms with van der Waals surface area (Å²) >= 11 is 0. The van der Waals surface area contributed by atoms with Gasteiger partial charge in [-0.05, 0) is 55.8 Å². The number of carbonyl (C=O) groups is 2. The number of likely N-dealkylation sites (tertiary alicyclic amines) is 1. The van der Waals surface area contributed by atoms with Gasteiger partial charge in [0.1, 0.15) is 19.0 Å². The van der Waals surface area contributed by atoms with Crippen molar-refractivity contribution in [2.45, 2.75) is 19.3 Å². The zero-order chi connectivity index (χ0) is 21.7. The van der Waals surface area contributed by atoms with Crippen molar-refractivity contribution in [3.63, 3.8) is 0 Å². The number of anilines is 1. The number of hydrogen-bond acceptors (Lipinski definition) is 5. The van der Waals surface area contributed by atoms with Gasteiger partial charge in [0, 0.05) is 25.2 Å². The van der Waals surface area contributed by atoms with Crippen LogP contribution >= 0.6 is 0 Å². The van der Waals surface area contributed by atoms with Gasteiger partial charge in [-0.1, -0.05) is 30.3 Å². The fraction of sp³-hybridized carbons (Fsp3) is 0.417. The molecule has 166 valence electrons. The van der Waals surface area contributed by atoms with Crippen molar-refractivity contribution in [3.8, 4) is 5.75 Å². The predicted molar refractivity (Wildman–Crippen MR) is 120 cm³/mol. The third-order valence-corrected chi connectivity index (χ3v) is 5.06. The normalized spacial score (nSPS) is 13.7. The van der Waals surface area contributed by atoms with E-state index in [0.717, 1.165) is 31.8 Å². The lowest BCUT2D eigenvalue weighted by atomic mass is 10.2. The second kappa shape index (κ2) is 12.7. The van der Waals surface area contributed by atoms with Crippen LogP contribution in [0.1, 0.15) is 18.4 Å². The Bertz CT molecular complexity index is 805. The van der Waals surface area contributed by atoms with Gasteiger partial charge in [0.25, 0.3) is 0 Å². The first-order valence-corrected chi connectivity index (χ1v) is 10.8. The SMILES string of the molecule is O=C(COCC(=O)Nc1ccc(OCCc2ccccc2)cc1)NCCN1CCCC1. The van der Waals surface area contributed by atoms with E-state index in [1.165, 1.54) is 18.4 Å². The molecule has 1 heterocycles. The van der Waals surface area contributed by atoms with Crippen LogP contribution in [0.15, 0.2) is 54.6 Å². The zero-order valence-electron chi connectivity index (χ0n) is 17.8. The van der Waals surface area contributed by atoms with Crippen molar-refractivity contribution in [2.75, 3.05) is 51.3 Å². The Kier molecular flexibility index (Phi) is 9.34. The minimum absolute atomic E-state index is 0.123. The summed E-state index contributed by atoms with van der Waals surface area (Å²) in [6.07, 6.45) is 3.30. The number of rotatable bonds is 12. The van der Waals surface area contributed by atoms with Crippen LogP contribution in [0.2, 0.25) is 0 Å². The second-order valence-corrected chi connectivity index (χ2v) is 7.55. The van der Waals surface area contributed by atoms with Gasteiger partial charge in [-0.25, -0.2) is 0 Å². The van der Waals surface area contributed by atoms with E-state index in [4.69, 9.17) is 9.47 Å². The number of amides is 2. The molecule has 0 unspecified atom stereocenters. The third-order valence-electron chi connectivity index (χ3n) is 5.06. The number of nitrogens with one attached hydrogen (secondary N) is 2. The lowest BCUT2D eigenvalue weighted by Crippen LogP contribution is -2.35. The molecular formula is C24H31N3O4. The van der Waals surface area contributed by atoms with E-state index >= 15 is 0 Å². The van der Waals surface area contributed by atoms with E-state index in [1.54, 1.807) is 12.1 Å². The molecule has 0 aliphatic carbocycles. The van der Waals surface area contributed by atoms with Crippen LogP contribution in [0.25, 0.3) is 0 Å². The van der Waals surface area contributed by atoms with E-state index in [-0.39, 0.29) is 25.0 Å². The van der Waals surface area contributed by atoms with Crippen molar-refractivity contribution in [2.24, 2.45) is 0 Å². The number of carbonyl (C=O) groups excluding carboxylic acids is 2. The van der Waals surface area contributed by atoms with Gasteiger partial charge in [0.2, 0.25) is 11.8 Å². The van der Waals surface area contributed by atoms with Crippen molar-refractivity contribution in [1.29, 1.82) is 0 Å². The molecule has 2 aromatic rings. The topological polar surface area (TPSA) is 79.9 Å². The molecule has 7 nitrogen and oxygen atoms in total. The number of ether oxygens (including phenoxy) is 2. The predicted octanol–water partition coefficient (Wildman–Crippen LogP) is 2.48. The van der Waals surface area contributed by atoms with Crippen molar-refractivity contribution >= 4 is 17.5 Å². The Morgan fingerprint density at radius 1 is 0.903 bits per heavy atom. The first-order valence-electron chi connectivity index (χ1n) is 10.8. The maximum absolute atomic E-state index is 12.0. The van der Waals surface area contributed by atoms with E-state index in [9.17, 15) is 9.59 Å². The summed E-state index contributed by atoms with van der Waals surface area (Å²) in [5.41, 5.74) is 1.88. The second-order valence-electron chi connectivity index (χ2n) is 7.55. The van der Waals surface area contributed by atoms with Gasteiger partial charge in [0.05, 0.1) is 6.61 Å². The summed E-state index contributed by atoms with van der Waals surface area (Å²) in [5, 5.41) is 5.56. The number of nitrogens with zero attached hydrogens (tertiary/aromatic N) is 1. The molecule has 2 N–H and O–H groups in total. The van der Waals surface area contributed by atoms with Crippen LogP contribution in [0.5, 0.6) is 5.75 Å². The average Bonchev–Trinajstić information content (AvgIpc) is 3.29. The Hall–Kier alpha value is -2.90. The molecule has 0 bridgehead atoms. The molecule has 2 amide bonds. The average molecular weight is 426 g/mol. The third kappa shape index (κ3) is 8.78. The van der Waals surface area contributed by atoms with Crippen LogP contribution in [0, 0.1) is 0 Å². The molecule has 2 aromatic carbocycles. The Morgan fingerprint density at radius 2 is 1.61 bits per heavy atom. The van der Waals surface area contributed by atoms with Crippen molar-refractivity contribution in [1.82, 2.24) is 10.2 Å². The molecule has 0 saturated carbocycles. The number of benzene rings is 2. The first kappa shape index (κ1) is 22.8. The molecule has 7 heteroatoms. The molecular weight excluding hydrogens is 394 g/mol. The van der Waals surface area contributed by atoms with Crippen LogP contribution in [0.4, 0.5) is 5.69 Å². The van der Waals surface area contributed by atoms with Gasteiger partial charge < -0.3 is 25.0 Å². The standard InChI is InChI=1S/C24H31N3O4/c28-23(25-13-16-27-14-4-5-15-27)18-30-19-24(29)26-21-8-10-22(11-9-21)31-17-12-20-6-2-1-3-7-20/h1-3,6-11H,4-5,12-19H2,(H,25,28)(H,26,29). The fourth-order valence-electron chi connectivity index (χ4n) is 3.41. The van der Waals surface area contributed by atoms with E-state index in [1.807, 2.05) is 30.3 Å². The quantitative estimate of drug-likeness (QED) is 0.546. The summed E-state index contributed by atoms with van der Waals surface area (Å²) in [6.45, 7) is 3.97. The molecule has 0 radical (unpaired) electrons. The van der Waals surface area contributed by atoms with Gasteiger partial charge in [0.15, 0.2) is 0 Å². The Morgan fingerprint density at radius 3 is 2.35 bits per heavy atom. The molecule has 0 spiro atoms. The summed E-state index contributed by atoms with van der Waals surface area (Å²) < 4.78 is 10.9. The largest absolute Gasteiger partial charge is 0.493 e. The molecule has 1 saturated heterocycles. The molecule has 1 aliphatic heterocycles. The smallest absolute Gasteiger partial charge is 0.250 e. The lowest BCUT2D eigenvalue weighted by molar-refractivity contribution is -0.128. The van der Waals surface area contributed by atoms with Crippen LogP contribution in [-0.4, -0.2) is 62.7 Å². The molecule has 0 aromatic heterocycles. The summed E-state index contributed by atoms with van der Waals surface area (Å²) in [4.78, 5) is 26.1. The number of hydrogen-bond donors (Lipinski definition) is 2. The fourth-order valence-corrected chi connectivity index (χ4v) is 3.41. The summed E-state index contributed by atoms with van der Waals surface area (Å²) in [5.74, 6) is 0.238. The molecule has 3 rings (SSSR count). The molecule has 0 atom stereocenters. The van der Waals surface area contributed by atoms with E-state index in [2.05, 4.69) is 27.7 Å². The highest BCUT2D eigenvalue weighted by atomic mass is 16.5. The maximum atomic E-state index is 12.0. The van der Waals surface area contributed by atoms with Gasteiger partial charge in [-0.2, -0.15) is 0 Å². The van der Waals surface area contributed by atoms with Crippen molar-refractivity contribution in [3.05, 3.63) is 60.2 Å². The minimum atomic E-state index is -0.303. The van der Waals surface area contributed by atoms with Gasteiger partial charge in [-0.15, -0.1) is 0 Å². The highest BCUT2D eigenvalue weighted by Crippen LogP contribution is 2.16. The van der Waals surface area contributed by atoms with Gasteiger partial charge >= 0.3 is 0 Å². The lowest BCUT2D eigenvalue weighted by Gasteiger charge is -2.14. The molecule has 31 heavy (non-hydrogen) atoms. The molecule has 1 fully saturated rings. The zero-order valence-corrected chi connectivity index (χ0v) is 17.8. The summed E-state index contributed by atoms with van der Waals surface area (Å²) in [6, 6.07) is 17.3. The van der Waals surface area contributed by atoms with Gasteiger partial charge in [-0.3, -0.25) is 9.59 Å². The minimum Gasteiger partial charge on any atom is -0.493 e. The maximum Gasteiger partial charge on any atom is 0.250 e. The summed E-state index contributed by atoms with van der Waals surface area (Å²) in [7, 11) is 0. The molecule has 1 aliphatic rings.